The molecule has 1 aliphatic heterocycles. The number of benzene rings is 1. The first-order valence-electron chi connectivity index (χ1n) is 7.08. The summed E-state index contributed by atoms with van der Waals surface area (Å²) in [6.07, 6.45) is 1.20. The predicted octanol–water partition coefficient (Wildman–Crippen LogP) is 1.93. The second-order valence-corrected chi connectivity index (χ2v) is 5.19. The van der Waals surface area contributed by atoms with Crippen molar-refractivity contribution in [2.45, 2.75) is 37.9 Å². The van der Waals surface area contributed by atoms with E-state index in [1.54, 1.807) is 0 Å². The van der Waals surface area contributed by atoms with Crippen LogP contribution in [0.15, 0.2) is 30.3 Å². The van der Waals surface area contributed by atoms with Gasteiger partial charge in [0.25, 0.3) is 0 Å². The molecule has 114 valence electrons. The molecule has 1 aromatic carbocycles. The highest BCUT2D eigenvalue weighted by atomic mass is 16.5. The summed E-state index contributed by atoms with van der Waals surface area (Å²) in [5.74, 6) is -0.603. The van der Waals surface area contributed by atoms with Crippen LogP contribution in [0, 0.1) is 0 Å². The number of rotatable bonds is 4. The number of ether oxygens (including phenoxy) is 2. The van der Waals surface area contributed by atoms with Gasteiger partial charge in [-0.1, -0.05) is 30.3 Å². The summed E-state index contributed by atoms with van der Waals surface area (Å²) in [5.41, 5.74) is 1.06. The Bertz CT molecular complexity index is 478. The van der Waals surface area contributed by atoms with Gasteiger partial charge >= 0.3 is 11.9 Å². The van der Waals surface area contributed by atoms with Gasteiger partial charge < -0.3 is 9.47 Å². The lowest BCUT2D eigenvalue weighted by Crippen LogP contribution is -2.46. The molecule has 2 rings (SSSR count). The zero-order chi connectivity index (χ0) is 15.4. The van der Waals surface area contributed by atoms with Crippen molar-refractivity contribution in [2.75, 3.05) is 14.2 Å². The fourth-order valence-electron chi connectivity index (χ4n) is 3.03. The quantitative estimate of drug-likeness (QED) is 0.793. The van der Waals surface area contributed by atoms with E-state index in [9.17, 15) is 9.59 Å². The van der Waals surface area contributed by atoms with E-state index < -0.39 is 12.1 Å². The summed E-state index contributed by atoms with van der Waals surface area (Å²) in [6.45, 7) is 1.99. The van der Waals surface area contributed by atoms with Crippen LogP contribution in [0.1, 0.15) is 31.4 Å². The first-order chi connectivity index (χ1) is 10.1. The normalized spacial score (nSPS) is 23.6. The third-order valence-electron chi connectivity index (χ3n) is 4.11. The van der Waals surface area contributed by atoms with Gasteiger partial charge in [-0.15, -0.1) is 0 Å². The summed E-state index contributed by atoms with van der Waals surface area (Å²) in [6, 6.07) is 8.93. The van der Waals surface area contributed by atoms with Crippen molar-refractivity contribution in [2.24, 2.45) is 0 Å². The maximum atomic E-state index is 12.0. The second-order valence-electron chi connectivity index (χ2n) is 5.19. The summed E-state index contributed by atoms with van der Waals surface area (Å²) >= 11 is 0. The lowest BCUT2D eigenvalue weighted by atomic mass is 10.0. The van der Waals surface area contributed by atoms with Crippen molar-refractivity contribution in [1.29, 1.82) is 0 Å². The number of carbonyl (C=O) groups excluding carboxylic acids is 2. The Balaban J connectivity index is 2.31. The fourth-order valence-corrected chi connectivity index (χ4v) is 3.03. The average molecular weight is 291 g/mol. The van der Waals surface area contributed by atoms with Gasteiger partial charge in [-0.3, -0.25) is 14.5 Å². The van der Waals surface area contributed by atoms with Crippen molar-refractivity contribution in [1.82, 2.24) is 4.90 Å². The number of methoxy groups -OCH3 is 2. The lowest BCUT2D eigenvalue weighted by molar-refractivity contribution is -0.152. The van der Waals surface area contributed by atoms with Gasteiger partial charge in [-0.2, -0.15) is 0 Å². The van der Waals surface area contributed by atoms with Crippen molar-refractivity contribution in [3.8, 4) is 0 Å². The molecule has 0 spiro atoms. The highest BCUT2D eigenvalue weighted by Gasteiger charge is 2.45. The molecule has 1 unspecified atom stereocenters. The number of nitrogens with zero attached hydrogens (tertiary/aromatic N) is 1. The van der Waals surface area contributed by atoms with Crippen LogP contribution in [0.25, 0.3) is 0 Å². The molecule has 0 saturated carbocycles. The van der Waals surface area contributed by atoms with Crippen LogP contribution < -0.4 is 0 Å². The number of hydrogen-bond acceptors (Lipinski definition) is 5. The van der Waals surface area contributed by atoms with Gasteiger partial charge in [-0.05, 0) is 25.3 Å². The first-order valence-corrected chi connectivity index (χ1v) is 7.08. The van der Waals surface area contributed by atoms with Crippen molar-refractivity contribution < 1.29 is 19.1 Å². The minimum atomic E-state index is -0.408. The van der Waals surface area contributed by atoms with E-state index in [-0.39, 0.29) is 18.0 Å². The van der Waals surface area contributed by atoms with Gasteiger partial charge in [0.15, 0.2) is 0 Å². The topological polar surface area (TPSA) is 55.8 Å². The highest BCUT2D eigenvalue weighted by molar-refractivity contribution is 5.81. The molecule has 0 amide bonds. The molecule has 5 nitrogen and oxygen atoms in total. The predicted molar refractivity (Wildman–Crippen MR) is 77.5 cm³/mol. The van der Waals surface area contributed by atoms with Crippen LogP contribution >= 0.6 is 0 Å². The van der Waals surface area contributed by atoms with Crippen LogP contribution in [-0.2, 0) is 19.1 Å². The average Bonchev–Trinajstić information content (AvgIpc) is 2.98. The molecule has 0 aromatic heterocycles. The number of likely N-dealkylation sites (tertiary alicyclic amines) is 1. The zero-order valence-corrected chi connectivity index (χ0v) is 12.6. The largest absolute Gasteiger partial charge is 0.468 e. The lowest BCUT2D eigenvalue weighted by Gasteiger charge is -2.33. The zero-order valence-electron chi connectivity index (χ0n) is 12.6. The molecule has 1 aromatic rings. The van der Waals surface area contributed by atoms with Crippen LogP contribution in [0.2, 0.25) is 0 Å². The Morgan fingerprint density at radius 1 is 1.05 bits per heavy atom. The SMILES string of the molecule is COC(=O)C1CC[C@@H](C(=O)OC)N1[C@H](C)c1ccccc1. The molecule has 0 bridgehead atoms. The van der Waals surface area contributed by atoms with Gasteiger partial charge in [0.1, 0.15) is 12.1 Å². The monoisotopic (exact) mass is 291 g/mol. The Morgan fingerprint density at radius 3 is 1.95 bits per heavy atom. The molecule has 5 heteroatoms. The highest BCUT2D eigenvalue weighted by Crippen LogP contribution is 2.34. The summed E-state index contributed by atoms with van der Waals surface area (Å²) in [5, 5.41) is 0. The molecule has 0 radical (unpaired) electrons. The maximum absolute atomic E-state index is 12.0. The second kappa shape index (κ2) is 6.72. The van der Waals surface area contributed by atoms with Crippen molar-refractivity contribution in [3.05, 3.63) is 35.9 Å². The van der Waals surface area contributed by atoms with E-state index >= 15 is 0 Å². The maximum Gasteiger partial charge on any atom is 0.323 e. The molecular formula is C16H21NO4. The van der Waals surface area contributed by atoms with E-state index in [1.165, 1.54) is 14.2 Å². The van der Waals surface area contributed by atoms with E-state index in [0.29, 0.717) is 12.8 Å². The molecule has 1 aliphatic rings. The molecule has 0 aliphatic carbocycles. The van der Waals surface area contributed by atoms with E-state index in [0.717, 1.165) is 5.56 Å². The Hall–Kier alpha value is -1.88. The fraction of sp³-hybridized carbons (Fsp3) is 0.500. The van der Waals surface area contributed by atoms with E-state index in [4.69, 9.17) is 9.47 Å². The molecule has 1 fully saturated rings. The van der Waals surface area contributed by atoms with Gasteiger partial charge in [0, 0.05) is 6.04 Å². The summed E-state index contributed by atoms with van der Waals surface area (Å²) in [4.78, 5) is 25.9. The molecule has 21 heavy (non-hydrogen) atoms. The van der Waals surface area contributed by atoms with Gasteiger partial charge in [0.2, 0.25) is 0 Å². The molecule has 3 atom stereocenters. The van der Waals surface area contributed by atoms with Crippen LogP contribution in [0.5, 0.6) is 0 Å². The molecule has 1 saturated heterocycles. The van der Waals surface area contributed by atoms with E-state index in [2.05, 4.69) is 0 Å². The smallest absolute Gasteiger partial charge is 0.323 e. The first kappa shape index (κ1) is 15.5. The Morgan fingerprint density at radius 2 is 1.52 bits per heavy atom. The third kappa shape index (κ3) is 3.08. The van der Waals surface area contributed by atoms with Crippen LogP contribution in [-0.4, -0.2) is 43.1 Å². The summed E-state index contributed by atoms with van der Waals surface area (Å²) < 4.78 is 9.76. The molecule has 0 N–H and O–H groups in total. The number of esters is 2. The molecule has 1 heterocycles. The van der Waals surface area contributed by atoms with Crippen LogP contribution in [0.3, 0.4) is 0 Å². The minimum Gasteiger partial charge on any atom is -0.468 e. The van der Waals surface area contributed by atoms with E-state index in [1.807, 2.05) is 42.2 Å². The number of carbonyl (C=O) groups is 2. The van der Waals surface area contributed by atoms with Gasteiger partial charge in [-0.25, -0.2) is 0 Å². The van der Waals surface area contributed by atoms with Gasteiger partial charge in [0.05, 0.1) is 14.2 Å². The standard InChI is InChI=1S/C16H21NO4/c1-11(12-7-5-4-6-8-12)17-13(15(18)20-2)9-10-14(17)16(19)21-3/h4-8,11,13-14H,9-10H2,1-3H3/t11-,13+,14?/m1/s1. The number of hydrogen-bond donors (Lipinski definition) is 0. The molecular weight excluding hydrogens is 270 g/mol. The Kier molecular flexibility index (Phi) is 4.96. The third-order valence-corrected chi connectivity index (χ3v) is 4.11. The minimum absolute atomic E-state index is 0.0677. The van der Waals surface area contributed by atoms with Crippen molar-refractivity contribution in [3.63, 3.8) is 0 Å². The summed E-state index contributed by atoms with van der Waals surface area (Å²) in [7, 11) is 2.75. The van der Waals surface area contributed by atoms with Crippen molar-refractivity contribution >= 4 is 11.9 Å². The Labute approximate surface area is 124 Å². The van der Waals surface area contributed by atoms with Crippen LogP contribution in [0.4, 0.5) is 0 Å².